The van der Waals surface area contributed by atoms with Crippen LogP contribution in [0.25, 0.3) is 22.9 Å². The van der Waals surface area contributed by atoms with Crippen molar-refractivity contribution in [2.45, 2.75) is 0 Å². The number of para-hydroxylation sites is 1. The number of non-ortho nitro benzene ring substituents is 1. The van der Waals surface area contributed by atoms with Crippen LogP contribution >= 0.6 is 27.3 Å². The van der Waals surface area contributed by atoms with Gasteiger partial charge in [-0.1, -0.05) is 46.3 Å². The van der Waals surface area contributed by atoms with Crippen molar-refractivity contribution in [2.75, 3.05) is 11.9 Å². The van der Waals surface area contributed by atoms with Gasteiger partial charge >= 0.3 is 0 Å². The van der Waals surface area contributed by atoms with Gasteiger partial charge in [0.2, 0.25) is 0 Å². The zero-order valence-electron chi connectivity index (χ0n) is 18.6. The van der Waals surface area contributed by atoms with Crippen molar-refractivity contribution in [1.82, 2.24) is 4.98 Å². The second kappa shape index (κ2) is 11.4. The molecule has 4 rings (SSSR count). The van der Waals surface area contributed by atoms with E-state index in [2.05, 4.69) is 32.3 Å². The second-order valence-electron chi connectivity index (χ2n) is 7.40. The molecular weight excluding hydrogens is 544 g/mol. The Labute approximate surface area is 218 Å². The van der Waals surface area contributed by atoms with Crippen LogP contribution in [0.5, 0.6) is 5.75 Å². The fourth-order valence-corrected chi connectivity index (χ4v) is 4.26. The number of amides is 1. The number of carbonyl (C=O) groups is 1. The normalized spacial score (nSPS) is 10.9. The van der Waals surface area contributed by atoms with E-state index in [1.54, 1.807) is 24.3 Å². The Morgan fingerprint density at radius 2 is 1.92 bits per heavy atom. The highest BCUT2D eigenvalue weighted by Crippen LogP contribution is 2.31. The molecule has 36 heavy (non-hydrogen) atoms. The maximum absolute atomic E-state index is 12.3. The van der Waals surface area contributed by atoms with Gasteiger partial charge in [0.1, 0.15) is 16.8 Å². The van der Waals surface area contributed by atoms with Crippen molar-refractivity contribution in [3.8, 4) is 23.1 Å². The quantitative estimate of drug-likeness (QED) is 0.148. The number of rotatable bonds is 8. The fraction of sp³-hybridized carbons (Fsp3) is 0.0385. The lowest BCUT2D eigenvalue weighted by Crippen LogP contribution is -2.20. The topological polar surface area (TPSA) is 118 Å². The number of hydrogen-bond donors (Lipinski definition) is 1. The molecule has 0 aliphatic rings. The van der Waals surface area contributed by atoms with Gasteiger partial charge < -0.3 is 10.1 Å². The molecule has 1 aromatic heterocycles. The van der Waals surface area contributed by atoms with E-state index in [1.165, 1.54) is 35.6 Å². The fourth-order valence-electron chi connectivity index (χ4n) is 3.20. The third kappa shape index (κ3) is 6.21. The number of hydrogen-bond acceptors (Lipinski definition) is 7. The number of benzene rings is 3. The van der Waals surface area contributed by atoms with Crippen LogP contribution in [0, 0.1) is 21.4 Å². The lowest BCUT2D eigenvalue weighted by atomic mass is 10.1. The van der Waals surface area contributed by atoms with Gasteiger partial charge in [0, 0.05) is 38.8 Å². The first-order valence-corrected chi connectivity index (χ1v) is 12.2. The van der Waals surface area contributed by atoms with Crippen molar-refractivity contribution in [3.05, 3.63) is 103 Å². The van der Waals surface area contributed by atoms with E-state index >= 15 is 0 Å². The van der Waals surface area contributed by atoms with Crippen molar-refractivity contribution in [3.63, 3.8) is 0 Å². The molecule has 0 saturated carbocycles. The lowest BCUT2D eigenvalue weighted by molar-refractivity contribution is -0.384. The van der Waals surface area contributed by atoms with E-state index in [9.17, 15) is 20.2 Å². The summed E-state index contributed by atoms with van der Waals surface area (Å²) in [6.07, 6.45) is 1.47. The van der Waals surface area contributed by atoms with Crippen molar-refractivity contribution in [2.24, 2.45) is 0 Å². The van der Waals surface area contributed by atoms with Crippen molar-refractivity contribution >= 4 is 56.2 Å². The smallest absolute Gasteiger partial charge is 0.270 e. The van der Waals surface area contributed by atoms with Crippen LogP contribution in [-0.2, 0) is 4.79 Å². The van der Waals surface area contributed by atoms with E-state index in [0.29, 0.717) is 16.4 Å². The Balaban J connectivity index is 1.60. The average molecular weight is 561 g/mol. The summed E-state index contributed by atoms with van der Waals surface area (Å²) in [7, 11) is 0. The molecule has 0 fully saturated rings. The summed E-state index contributed by atoms with van der Waals surface area (Å²) in [5, 5.41) is 26.2. The number of nitriles is 1. The molecule has 0 unspecified atom stereocenters. The van der Waals surface area contributed by atoms with E-state index in [4.69, 9.17) is 4.74 Å². The molecule has 0 spiro atoms. The van der Waals surface area contributed by atoms with Crippen molar-refractivity contribution < 1.29 is 14.5 Å². The standard InChI is InChI=1S/C26H17BrN4O4S/c27-20-8-6-17(7-9-20)23-16-36-26(30-23)19(14-28)12-18-13-22(31(33)34)10-11-24(18)35-15-25(32)29-21-4-2-1-3-5-21/h1-13,16H,15H2,(H,29,32)/b19-12+. The Morgan fingerprint density at radius 3 is 2.61 bits per heavy atom. The predicted octanol–water partition coefficient (Wildman–Crippen LogP) is 6.56. The zero-order valence-corrected chi connectivity index (χ0v) is 21.0. The molecule has 178 valence electrons. The summed E-state index contributed by atoms with van der Waals surface area (Å²) < 4.78 is 6.60. The van der Waals surface area contributed by atoms with Gasteiger partial charge in [-0.15, -0.1) is 11.3 Å². The van der Waals surface area contributed by atoms with Gasteiger partial charge in [0.25, 0.3) is 11.6 Å². The first-order valence-electron chi connectivity index (χ1n) is 10.5. The molecule has 3 aromatic carbocycles. The molecule has 8 nitrogen and oxygen atoms in total. The van der Waals surface area contributed by atoms with Gasteiger partial charge in [0.15, 0.2) is 6.61 Å². The number of nitrogens with zero attached hydrogens (tertiary/aromatic N) is 3. The maximum Gasteiger partial charge on any atom is 0.270 e. The molecule has 0 aliphatic carbocycles. The Morgan fingerprint density at radius 1 is 1.17 bits per heavy atom. The molecular formula is C26H17BrN4O4S. The monoisotopic (exact) mass is 560 g/mol. The van der Waals surface area contributed by atoms with Crippen molar-refractivity contribution in [1.29, 1.82) is 5.26 Å². The minimum atomic E-state index is -0.537. The molecule has 0 aliphatic heterocycles. The summed E-state index contributed by atoms with van der Waals surface area (Å²) in [6, 6.07) is 22.6. The Kier molecular flexibility index (Phi) is 7.85. The van der Waals surface area contributed by atoms with Gasteiger partial charge in [-0.25, -0.2) is 4.98 Å². The summed E-state index contributed by atoms with van der Waals surface area (Å²) in [4.78, 5) is 27.7. The number of nitro groups is 1. The van der Waals surface area contributed by atoms with Gasteiger partial charge in [-0.2, -0.15) is 5.26 Å². The first kappa shape index (κ1) is 24.8. The van der Waals surface area contributed by atoms with Crippen LogP contribution in [-0.4, -0.2) is 22.4 Å². The number of allylic oxidation sites excluding steroid dienone is 1. The summed E-state index contributed by atoms with van der Waals surface area (Å²) in [5.41, 5.74) is 2.54. The number of aromatic nitrogens is 1. The van der Waals surface area contributed by atoms with Gasteiger partial charge in [0.05, 0.1) is 16.2 Å². The Bertz CT molecular complexity index is 1480. The van der Waals surface area contributed by atoms with Crippen LogP contribution < -0.4 is 10.1 Å². The number of nitrogens with one attached hydrogen (secondary N) is 1. The zero-order chi connectivity index (χ0) is 25.5. The molecule has 0 saturated heterocycles. The summed E-state index contributed by atoms with van der Waals surface area (Å²) >= 11 is 4.68. The van der Waals surface area contributed by atoms with Crippen LogP contribution in [0.4, 0.5) is 11.4 Å². The highest BCUT2D eigenvalue weighted by Gasteiger charge is 2.15. The second-order valence-corrected chi connectivity index (χ2v) is 9.17. The highest BCUT2D eigenvalue weighted by molar-refractivity contribution is 9.10. The minimum absolute atomic E-state index is 0.172. The molecule has 1 N–H and O–H groups in total. The molecule has 10 heteroatoms. The van der Waals surface area contributed by atoms with Gasteiger partial charge in [-0.05, 0) is 36.4 Å². The van der Waals surface area contributed by atoms with Crippen LogP contribution in [0.3, 0.4) is 0 Å². The number of nitro benzene ring substituents is 1. The molecule has 4 aromatic rings. The molecule has 1 amide bonds. The Hall–Kier alpha value is -4.33. The largest absolute Gasteiger partial charge is 0.483 e. The van der Waals surface area contributed by atoms with E-state index in [-0.39, 0.29) is 29.2 Å². The maximum atomic E-state index is 12.3. The number of halogens is 1. The average Bonchev–Trinajstić information content (AvgIpc) is 3.37. The number of carbonyl (C=O) groups excluding carboxylic acids is 1. The third-order valence-corrected chi connectivity index (χ3v) is 6.32. The molecule has 1 heterocycles. The number of thiazole rings is 1. The van der Waals surface area contributed by atoms with Gasteiger partial charge in [-0.3, -0.25) is 14.9 Å². The van der Waals surface area contributed by atoms with Crippen LogP contribution in [0.1, 0.15) is 10.6 Å². The van der Waals surface area contributed by atoms with E-state index in [1.807, 2.05) is 35.7 Å². The SMILES string of the molecule is N#C/C(=C\c1cc([N+](=O)[O-])ccc1OCC(=O)Nc1ccccc1)c1nc(-c2ccc(Br)cc2)cs1. The molecule has 0 radical (unpaired) electrons. The minimum Gasteiger partial charge on any atom is -0.483 e. The first-order chi connectivity index (χ1) is 17.4. The van der Waals surface area contributed by atoms with Crippen LogP contribution in [0.2, 0.25) is 0 Å². The summed E-state index contributed by atoms with van der Waals surface area (Å²) in [6.45, 7) is -0.319. The predicted molar refractivity (Wildman–Crippen MR) is 142 cm³/mol. The third-order valence-electron chi connectivity index (χ3n) is 4.92. The van der Waals surface area contributed by atoms with E-state index in [0.717, 1.165) is 10.0 Å². The molecule has 0 bridgehead atoms. The number of ether oxygens (including phenoxy) is 1. The van der Waals surface area contributed by atoms with Crippen LogP contribution in [0.15, 0.2) is 82.6 Å². The molecule has 0 atom stereocenters. The number of anilines is 1. The van der Waals surface area contributed by atoms with E-state index < -0.39 is 10.8 Å². The summed E-state index contributed by atoms with van der Waals surface area (Å²) in [5.74, 6) is -0.171. The lowest BCUT2D eigenvalue weighted by Gasteiger charge is -2.10. The highest BCUT2D eigenvalue weighted by atomic mass is 79.9.